The fraction of sp³-hybridized carbons (Fsp3) is 0.667. The molecule has 25 heavy (non-hydrogen) atoms. The minimum atomic E-state index is -3.11. The Morgan fingerprint density at radius 2 is 2.12 bits per heavy atom. The van der Waals surface area contributed by atoms with Crippen LogP contribution in [0.5, 0.6) is 0 Å². The van der Waals surface area contributed by atoms with E-state index in [0.29, 0.717) is 32.1 Å². The summed E-state index contributed by atoms with van der Waals surface area (Å²) in [5.41, 5.74) is 1.08. The van der Waals surface area contributed by atoms with E-state index in [1.165, 1.54) is 6.42 Å². The number of amides is 1. The highest BCUT2D eigenvalue weighted by Gasteiger charge is 2.50. The van der Waals surface area contributed by atoms with Gasteiger partial charge in [-0.25, -0.2) is 8.42 Å². The third kappa shape index (κ3) is 3.44. The SMILES string of the molecule is O=C(NC1CCC1)[C@H]1CCS(=O)(=O)[C@@H]2CN(Cc3cccnc3)C[C@H]12. The molecule has 3 fully saturated rings. The van der Waals surface area contributed by atoms with Crippen LogP contribution in [0.25, 0.3) is 0 Å². The lowest BCUT2D eigenvalue weighted by atomic mass is 9.86. The first-order chi connectivity index (χ1) is 12.0. The lowest BCUT2D eigenvalue weighted by Crippen LogP contribution is -2.50. The number of hydrogen-bond acceptors (Lipinski definition) is 5. The summed E-state index contributed by atoms with van der Waals surface area (Å²) in [7, 11) is -3.11. The van der Waals surface area contributed by atoms with Crippen molar-refractivity contribution >= 4 is 15.7 Å². The smallest absolute Gasteiger partial charge is 0.223 e. The Kier molecular flexibility index (Phi) is 4.54. The normalized spacial score (nSPS) is 31.9. The Balaban J connectivity index is 1.48. The number of pyridine rings is 1. The average molecular weight is 363 g/mol. The van der Waals surface area contributed by atoms with E-state index in [4.69, 9.17) is 0 Å². The number of likely N-dealkylation sites (tertiary alicyclic amines) is 1. The van der Waals surface area contributed by atoms with Crippen LogP contribution < -0.4 is 5.32 Å². The number of fused-ring (bicyclic) bond motifs is 1. The molecule has 0 bridgehead atoms. The van der Waals surface area contributed by atoms with E-state index >= 15 is 0 Å². The second-order valence-corrected chi connectivity index (χ2v) is 10.00. The van der Waals surface area contributed by atoms with Crippen LogP contribution >= 0.6 is 0 Å². The Hall–Kier alpha value is -1.47. The zero-order chi connectivity index (χ0) is 17.4. The summed E-state index contributed by atoms with van der Waals surface area (Å²) in [5.74, 6) is -0.0566. The summed E-state index contributed by atoms with van der Waals surface area (Å²) in [5, 5.41) is 2.72. The second-order valence-electron chi connectivity index (χ2n) is 7.66. The monoisotopic (exact) mass is 363 g/mol. The van der Waals surface area contributed by atoms with Crippen molar-refractivity contribution in [3.8, 4) is 0 Å². The summed E-state index contributed by atoms with van der Waals surface area (Å²) in [6, 6.07) is 4.20. The molecule has 1 aromatic heterocycles. The van der Waals surface area contributed by atoms with Crippen LogP contribution in [0.3, 0.4) is 0 Å². The van der Waals surface area contributed by atoms with Gasteiger partial charge in [0.05, 0.1) is 11.0 Å². The van der Waals surface area contributed by atoms with E-state index in [1.807, 2.05) is 18.3 Å². The van der Waals surface area contributed by atoms with Crippen LogP contribution in [0.1, 0.15) is 31.2 Å². The van der Waals surface area contributed by atoms with Gasteiger partial charge in [-0.15, -0.1) is 0 Å². The standard InChI is InChI=1S/C18H25N3O3S/c22-18(20-14-4-1-5-14)15-6-8-25(23,24)17-12-21(11-16(15)17)10-13-3-2-7-19-9-13/h2-3,7,9,14-17H,1,4-6,8,10-12H2,(H,20,22)/t15-,16+,17+/m0/s1. The van der Waals surface area contributed by atoms with Gasteiger partial charge in [-0.2, -0.15) is 0 Å². The van der Waals surface area contributed by atoms with Crippen LogP contribution in [-0.2, 0) is 21.2 Å². The second kappa shape index (κ2) is 6.68. The van der Waals surface area contributed by atoms with Crippen molar-refractivity contribution in [2.75, 3.05) is 18.8 Å². The third-order valence-electron chi connectivity index (χ3n) is 5.99. The lowest BCUT2D eigenvalue weighted by Gasteiger charge is -2.34. The van der Waals surface area contributed by atoms with E-state index in [0.717, 1.165) is 18.4 Å². The van der Waals surface area contributed by atoms with Gasteiger partial charge in [-0.3, -0.25) is 14.7 Å². The van der Waals surface area contributed by atoms with Crippen molar-refractivity contribution in [2.45, 2.75) is 43.5 Å². The molecule has 3 heterocycles. The molecule has 7 heteroatoms. The maximum Gasteiger partial charge on any atom is 0.223 e. The molecule has 0 spiro atoms. The Labute approximate surface area is 148 Å². The largest absolute Gasteiger partial charge is 0.353 e. The molecular weight excluding hydrogens is 338 g/mol. The zero-order valence-electron chi connectivity index (χ0n) is 14.3. The highest BCUT2D eigenvalue weighted by Crippen LogP contribution is 2.37. The summed E-state index contributed by atoms with van der Waals surface area (Å²) in [4.78, 5) is 19.0. The van der Waals surface area contributed by atoms with Crippen LogP contribution in [0, 0.1) is 11.8 Å². The van der Waals surface area contributed by atoms with Crippen molar-refractivity contribution in [1.82, 2.24) is 15.2 Å². The Morgan fingerprint density at radius 1 is 1.28 bits per heavy atom. The van der Waals surface area contributed by atoms with E-state index in [1.54, 1.807) is 6.20 Å². The van der Waals surface area contributed by atoms with Crippen molar-refractivity contribution in [3.05, 3.63) is 30.1 Å². The van der Waals surface area contributed by atoms with Crippen molar-refractivity contribution < 1.29 is 13.2 Å². The van der Waals surface area contributed by atoms with Crippen LogP contribution in [0.15, 0.2) is 24.5 Å². The quantitative estimate of drug-likeness (QED) is 0.863. The lowest BCUT2D eigenvalue weighted by molar-refractivity contribution is -0.128. The van der Waals surface area contributed by atoms with Crippen molar-refractivity contribution in [2.24, 2.45) is 11.8 Å². The molecule has 2 aliphatic heterocycles. The highest BCUT2D eigenvalue weighted by molar-refractivity contribution is 7.92. The summed E-state index contributed by atoms with van der Waals surface area (Å²) in [6.45, 7) is 1.88. The number of rotatable bonds is 4. The van der Waals surface area contributed by atoms with Gasteiger partial charge in [0.1, 0.15) is 0 Å². The minimum Gasteiger partial charge on any atom is -0.353 e. The Morgan fingerprint density at radius 3 is 2.80 bits per heavy atom. The molecule has 1 amide bonds. The van der Waals surface area contributed by atoms with Crippen molar-refractivity contribution in [3.63, 3.8) is 0 Å². The Bertz CT molecular complexity index is 733. The highest BCUT2D eigenvalue weighted by atomic mass is 32.2. The van der Waals surface area contributed by atoms with Gasteiger partial charge < -0.3 is 5.32 Å². The van der Waals surface area contributed by atoms with E-state index in [2.05, 4.69) is 15.2 Å². The van der Waals surface area contributed by atoms with Gasteiger partial charge >= 0.3 is 0 Å². The first kappa shape index (κ1) is 17.0. The number of carbonyl (C=O) groups excluding carboxylic acids is 1. The predicted octanol–water partition coefficient (Wildman–Crippen LogP) is 0.985. The first-order valence-electron chi connectivity index (χ1n) is 9.16. The van der Waals surface area contributed by atoms with Gasteiger partial charge in [0.2, 0.25) is 5.91 Å². The molecule has 3 atom stereocenters. The van der Waals surface area contributed by atoms with Gasteiger partial charge in [-0.1, -0.05) is 6.07 Å². The molecule has 1 saturated carbocycles. The molecule has 6 nitrogen and oxygen atoms in total. The van der Waals surface area contributed by atoms with E-state index in [-0.39, 0.29) is 23.5 Å². The average Bonchev–Trinajstić information content (AvgIpc) is 2.97. The third-order valence-corrected chi connectivity index (χ3v) is 8.22. The molecule has 1 N–H and O–H groups in total. The number of sulfone groups is 1. The summed E-state index contributed by atoms with van der Waals surface area (Å²) >= 11 is 0. The molecule has 1 aliphatic carbocycles. The molecule has 2 saturated heterocycles. The van der Waals surface area contributed by atoms with Crippen LogP contribution in [-0.4, -0.2) is 54.3 Å². The zero-order valence-corrected chi connectivity index (χ0v) is 15.1. The fourth-order valence-electron chi connectivity index (χ4n) is 4.37. The number of aromatic nitrogens is 1. The van der Waals surface area contributed by atoms with Crippen LogP contribution in [0.4, 0.5) is 0 Å². The van der Waals surface area contributed by atoms with Gasteiger partial charge in [0, 0.05) is 49.9 Å². The molecule has 4 rings (SSSR count). The van der Waals surface area contributed by atoms with Gasteiger partial charge in [0.25, 0.3) is 0 Å². The topological polar surface area (TPSA) is 79.4 Å². The molecule has 0 radical (unpaired) electrons. The van der Waals surface area contributed by atoms with Gasteiger partial charge in [0.15, 0.2) is 9.84 Å². The van der Waals surface area contributed by atoms with Gasteiger partial charge in [-0.05, 0) is 37.3 Å². The first-order valence-corrected chi connectivity index (χ1v) is 10.9. The number of hydrogen-bond donors (Lipinski definition) is 1. The molecule has 3 aliphatic rings. The fourth-order valence-corrected chi connectivity index (χ4v) is 6.50. The number of nitrogens with zero attached hydrogens (tertiary/aromatic N) is 2. The van der Waals surface area contributed by atoms with E-state index < -0.39 is 15.1 Å². The summed E-state index contributed by atoms with van der Waals surface area (Å²) < 4.78 is 25.1. The molecule has 0 aromatic carbocycles. The van der Waals surface area contributed by atoms with Crippen LogP contribution in [0.2, 0.25) is 0 Å². The summed E-state index contributed by atoms with van der Waals surface area (Å²) in [6.07, 6.45) is 7.30. The van der Waals surface area contributed by atoms with Crippen molar-refractivity contribution in [1.29, 1.82) is 0 Å². The van der Waals surface area contributed by atoms with E-state index in [9.17, 15) is 13.2 Å². The molecule has 0 unspecified atom stereocenters. The molecular formula is C18H25N3O3S. The number of nitrogens with one attached hydrogen (secondary N) is 1. The predicted molar refractivity (Wildman–Crippen MR) is 94.5 cm³/mol. The maximum atomic E-state index is 12.7. The molecule has 1 aromatic rings. The minimum absolute atomic E-state index is 0.0674. The maximum absolute atomic E-state index is 12.7. The molecule has 136 valence electrons. The number of carbonyl (C=O) groups is 1.